The molecule has 0 aliphatic carbocycles. The van der Waals surface area contributed by atoms with Gasteiger partial charge in [-0.05, 0) is 83.1 Å². The van der Waals surface area contributed by atoms with E-state index in [9.17, 15) is 4.39 Å². The molecular weight excluding hydrogens is 387 g/mol. The van der Waals surface area contributed by atoms with Crippen molar-refractivity contribution in [3.63, 3.8) is 0 Å². The van der Waals surface area contributed by atoms with E-state index in [1.807, 2.05) is 37.4 Å². The third kappa shape index (κ3) is 6.59. The second-order valence-electron chi connectivity index (χ2n) is 8.32. The first-order chi connectivity index (χ1) is 15.0. The first-order valence-electron chi connectivity index (χ1n) is 11.0. The SMILES string of the molecule is CC/C(C)=C(/N=C(/C=C(\C)Nc1cccc(F)c1)c1cccnc1)C1CCCN(C)C1. The van der Waals surface area contributed by atoms with Crippen LogP contribution >= 0.6 is 0 Å². The first kappa shape index (κ1) is 22.9. The Labute approximate surface area is 185 Å². The van der Waals surface area contributed by atoms with Crippen LogP contribution in [0.15, 0.2) is 76.8 Å². The maximum Gasteiger partial charge on any atom is 0.125 e. The molecule has 5 heteroatoms. The highest BCUT2D eigenvalue weighted by Crippen LogP contribution is 2.28. The van der Waals surface area contributed by atoms with E-state index >= 15 is 0 Å². The van der Waals surface area contributed by atoms with E-state index in [0.717, 1.165) is 42.9 Å². The van der Waals surface area contributed by atoms with Gasteiger partial charge in [-0.1, -0.05) is 18.6 Å². The van der Waals surface area contributed by atoms with Crippen molar-refractivity contribution in [2.75, 3.05) is 25.5 Å². The van der Waals surface area contributed by atoms with Gasteiger partial charge in [-0.25, -0.2) is 4.39 Å². The monoisotopic (exact) mass is 420 g/mol. The van der Waals surface area contributed by atoms with Gasteiger partial charge in [0, 0.05) is 47.5 Å². The minimum absolute atomic E-state index is 0.260. The van der Waals surface area contributed by atoms with Gasteiger partial charge < -0.3 is 10.2 Å². The number of aromatic nitrogens is 1. The number of allylic oxidation sites excluding steroid dienone is 3. The van der Waals surface area contributed by atoms with Crippen molar-refractivity contribution < 1.29 is 4.39 Å². The molecule has 1 atom stereocenters. The van der Waals surface area contributed by atoms with Crippen molar-refractivity contribution in [2.24, 2.45) is 10.9 Å². The van der Waals surface area contributed by atoms with Gasteiger partial charge in [0.15, 0.2) is 0 Å². The quantitative estimate of drug-likeness (QED) is 0.554. The molecular formula is C26H33FN4. The van der Waals surface area contributed by atoms with Gasteiger partial charge in [-0.2, -0.15) is 0 Å². The fourth-order valence-corrected chi connectivity index (χ4v) is 3.97. The van der Waals surface area contributed by atoms with E-state index in [2.05, 4.69) is 36.1 Å². The van der Waals surface area contributed by atoms with Crippen molar-refractivity contribution in [2.45, 2.75) is 40.0 Å². The van der Waals surface area contributed by atoms with Crippen LogP contribution in [0.4, 0.5) is 10.1 Å². The molecule has 1 saturated heterocycles. The lowest BCUT2D eigenvalue weighted by molar-refractivity contribution is 0.229. The number of benzene rings is 1. The Bertz CT molecular complexity index is 962. The fraction of sp³-hybridized carbons (Fsp3) is 0.385. The molecule has 1 fully saturated rings. The molecule has 0 amide bonds. The number of anilines is 1. The van der Waals surface area contributed by atoms with Crippen LogP contribution in [0, 0.1) is 11.7 Å². The first-order valence-corrected chi connectivity index (χ1v) is 11.0. The minimum atomic E-state index is -0.260. The largest absolute Gasteiger partial charge is 0.359 e. The zero-order chi connectivity index (χ0) is 22.2. The van der Waals surface area contributed by atoms with Crippen LogP contribution in [0.3, 0.4) is 0 Å². The lowest BCUT2D eigenvalue weighted by Gasteiger charge is -2.31. The molecule has 1 aliphatic heterocycles. The van der Waals surface area contributed by atoms with Gasteiger partial charge in [-0.15, -0.1) is 0 Å². The van der Waals surface area contributed by atoms with Crippen LogP contribution in [-0.4, -0.2) is 35.7 Å². The molecule has 0 spiro atoms. The summed E-state index contributed by atoms with van der Waals surface area (Å²) in [6.07, 6.45) is 8.96. The summed E-state index contributed by atoms with van der Waals surface area (Å²) >= 11 is 0. The number of nitrogens with zero attached hydrogens (tertiary/aromatic N) is 3. The summed E-state index contributed by atoms with van der Waals surface area (Å²) in [5.74, 6) is 0.166. The Morgan fingerprint density at radius 3 is 2.81 bits per heavy atom. The Hall–Kier alpha value is -2.79. The van der Waals surface area contributed by atoms with Crippen LogP contribution in [0.1, 0.15) is 45.6 Å². The average Bonchev–Trinajstić information content (AvgIpc) is 2.76. The van der Waals surface area contributed by atoms with Gasteiger partial charge in [0.25, 0.3) is 0 Å². The number of aliphatic imine (C=N–C) groups is 1. The Morgan fingerprint density at radius 1 is 1.29 bits per heavy atom. The summed E-state index contributed by atoms with van der Waals surface area (Å²) in [6.45, 7) is 8.52. The number of pyridine rings is 1. The summed E-state index contributed by atoms with van der Waals surface area (Å²) in [5.41, 5.74) is 5.95. The molecule has 1 aromatic heterocycles. The van der Waals surface area contributed by atoms with Crippen molar-refractivity contribution >= 4 is 11.4 Å². The van der Waals surface area contributed by atoms with Gasteiger partial charge in [-0.3, -0.25) is 9.98 Å². The Balaban J connectivity index is 2.00. The molecule has 1 unspecified atom stereocenters. The van der Waals surface area contributed by atoms with Crippen molar-refractivity contribution in [1.82, 2.24) is 9.88 Å². The molecule has 4 nitrogen and oxygen atoms in total. The molecule has 1 N–H and O–H groups in total. The molecule has 31 heavy (non-hydrogen) atoms. The maximum atomic E-state index is 13.6. The average molecular weight is 421 g/mol. The number of hydrogen-bond donors (Lipinski definition) is 1. The van der Waals surface area contributed by atoms with Crippen LogP contribution < -0.4 is 5.32 Å². The van der Waals surface area contributed by atoms with Gasteiger partial charge >= 0.3 is 0 Å². The van der Waals surface area contributed by atoms with E-state index in [4.69, 9.17) is 4.99 Å². The summed E-state index contributed by atoms with van der Waals surface area (Å²) < 4.78 is 13.6. The van der Waals surface area contributed by atoms with Crippen LogP contribution in [-0.2, 0) is 0 Å². The molecule has 2 heterocycles. The van der Waals surface area contributed by atoms with E-state index < -0.39 is 0 Å². The summed E-state index contributed by atoms with van der Waals surface area (Å²) in [6, 6.07) is 10.4. The van der Waals surface area contributed by atoms with Crippen LogP contribution in [0.2, 0.25) is 0 Å². The van der Waals surface area contributed by atoms with Gasteiger partial charge in [0.1, 0.15) is 5.82 Å². The Kier molecular flexibility index (Phi) is 8.13. The Morgan fingerprint density at radius 2 is 2.13 bits per heavy atom. The van der Waals surface area contributed by atoms with E-state index in [1.165, 1.54) is 29.8 Å². The lowest BCUT2D eigenvalue weighted by atomic mass is 9.91. The van der Waals surface area contributed by atoms with E-state index in [0.29, 0.717) is 11.6 Å². The molecule has 0 radical (unpaired) electrons. The molecule has 164 valence electrons. The molecule has 1 aliphatic rings. The third-order valence-corrected chi connectivity index (χ3v) is 5.70. The fourth-order valence-electron chi connectivity index (χ4n) is 3.97. The molecule has 2 aromatic rings. The minimum Gasteiger partial charge on any atom is -0.359 e. The zero-order valence-electron chi connectivity index (χ0n) is 19.0. The molecule has 1 aromatic carbocycles. The third-order valence-electron chi connectivity index (χ3n) is 5.70. The van der Waals surface area contributed by atoms with Gasteiger partial charge in [0.2, 0.25) is 0 Å². The molecule has 3 rings (SSSR count). The van der Waals surface area contributed by atoms with E-state index in [1.54, 1.807) is 12.3 Å². The summed E-state index contributed by atoms with van der Waals surface area (Å²) in [7, 11) is 2.18. The van der Waals surface area contributed by atoms with Crippen molar-refractivity contribution in [3.8, 4) is 0 Å². The summed E-state index contributed by atoms with van der Waals surface area (Å²) in [4.78, 5) is 11.9. The normalized spacial score (nSPS) is 19.2. The van der Waals surface area contributed by atoms with Crippen LogP contribution in [0.5, 0.6) is 0 Å². The number of likely N-dealkylation sites (tertiary alicyclic amines) is 1. The number of hydrogen-bond acceptors (Lipinski definition) is 4. The highest BCUT2D eigenvalue weighted by Gasteiger charge is 2.22. The second kappa shape index (κ2) is 11.0. The molecule has 0 saturated carbocycles. The number of piperidine rings is 1. The number of nitrogens with one attached hydrogen (secondary N) is 1. The predicted molar refractivity (Wildman–Crippen MR) is 128 cm³/mol. The number of rotatable bonds is 7. The predicted octanol–water partition coefficient (Wildman–Crippen LogP) is 6.05. The summed E-state index contributed by atoms with van der Waals surface area (Å²) in [5, 5.41) is 3.28. The highest BCUT2D eigenvalue weighted by atomic mass is 19.1. The maximum absolute atomic E-state index is 13.6. The zero-order valence-corrected chi connectivity index (χ0v) is 19.0. The van der Waals surface area contributed by atoms with Crippen molar-refractivity contribution in [3.05, 3.63) is 83.2 Å². The molecule has 0 bridgehead atoms. The standard InChI is InChI=1S/C26H33FN4/c1-5-19(2)26(22-10-8-14-31(4)18-22)30-25(21-9-7-13-28-17-21)15-20(3)29-24-12-6-11-23(27)16-24/h6-7,9,11-13,15-17,22,29H,5,8,10,14,18H2,1-4H3/b20-15+,26-19+,30-25-. The lowest BCUT2D eigenvalue weighted by Crippen LogP contribution is -2.33. The van der Waals surface area contributed by atoms with E-state index in [-0.39, 0.29) is 5.82 Å². The van der Waals surface area contributed by atoms with Gasteiger partial charge in [0.05, 0.1) is 5.71 Å². The highest BCUT2D eigenvalue weighted by molar-refractivity contribution is 6.09. The van der Waals surface area contributed by atoms with Crippen LogP contribution in [0.25, 0.3) is 0 Å². The smallest absolute Gasteiger partial charge is 0.125 e. The topological polar surface area (TPSA) is 40.5 Å². The number of halogens is 1. The van der Waals surface area contributed by atoms with Crippen molar-refractivity contribution in [1.29, 1.82) is 0 Å². The second-order valence-corrected chi connectivity index (χ2v) is 8.32.